The Morgan fingerprint density at radius 1 is 1.10 bits per heavy atom. The molecule has 1 saturated carbocycles. The largest absolute Gasteiger partial charge is 2.00 e. The predicted molar refractivity (Wildman–Crippen MR) is 42.2 cm³/mol. The van der Waals surface area contributed by atoms with Gasteiger partial charge >= 0.3 is 23.1 Å². The van der Waals surface area contributed by atoms with E-state index in [2.05, 4.69) is 20.3 Å². The van der Waals surface area contributed by atoms with Gasteiger partial charge in [0.25, 0.3) is 0 Å². The first kappa shape index (κ1) is 13.8. The van der Waals surface area contributed by atoms with E-state index in [4.69, 9.17) is 0 Å². The fourth-order valence-corrected chi connectivity index (χ4v) is 1.52. The zero-order valence-electron chi connectivity index (χ0n) is 6.94. The van der Waals surface area contributed by atoms with Gasteiger partial charge in [0.2, 0.25) is 0 Å². The van der Waals surface area contributed by atoms with E-state index in [0.717, 1.165) is 11.8 Å². The summed E-state index contributed by atoms with van der Waals surface area (Å²) in [6.45, 7) is 4.63. The average Bonchev–Trinajstić information content (AvgIpc) is 1.64. The summed E-state index contributed by atoms with van der Waals surface area (Å²) >= 11 is 0. The molecule has 0 heterocycles. The Morgan fingerprint density at radius 2 is 1.50 bits per heavy atom. The summed E-state index contributed by atoms with van der Waals surface area (Å²) in [7, 11) is 0. The quantitative estimate of drug-likeness (QED) is 0.369. The Morgan fingerprint density at radius 3 is 1.70 bits per heavy atom. The van der Waals surface area contributed by atoms with Gasteiger partial charge in [0.05, 0.1) is 0 Å². The molecule has 0 aromatic carbocycles. The van der Waals surface area contributed by atoms with Crippen molar-refractivity contribution in [1.82, 2.24) is 0 Å². The van der Waals surface area contributed by atoms with Crippen LogP contribution in [0, 0.1) is 18.3 Å². The maximum Gasteiger partial charge on any atom is 2.00 e. The Bertz CT molecular complexity index is 67.7. The fraction of sp³-hybridized carbons (Fsp3) is 0.875. The second kappa shape index (κ2) is 6.93. The third-order valence-electron chi connectivity index (χ3n) is 1.98. The second-order valence-corrected chi connectivity index (χ2v) is 3.08. The van der Waals surface area contributed by atoms with Crippen molar-refractivity contribution >= 4 is 23.1 Å². The van der Waals surface area contributed by atoms with E-state index in [1.54, 1.807) is 0 Å². The molecule has 0 N–H and O–H groups in total. The van der Waals surface area contributed by atoms with Gasteiger partial charge in [-0.1, -0.05) is 33.1 Å². The van der Waals surface area contributed by atoms with Crippen molar-refractivity contribution in [3.63, 3.8) is 0 Å². The Labute approximate surface area is 91.1 Å². The molecule has 1 fully saturated rings. The van der Waals surface area contributed by atoms with Crippen LogP contribution in [0.5, 0.6) is 0 Å². The normalized spacial score (nSPS) is 31.8. The fourth-order valence-electron chi connectivity index (χ4n) is 1.52. The minimum Gasteiger partial charge on any atom is -1.00 e. The van der Waals surface area contributed by atoms with Crippen molar-refractivity contribution in [2.75, 3.05) is 0 Å². The molecule has 0 spiro atoms. The van der Waals surface area contributed by atoms with Crippen molar-refractivity contribution in [1.29, 1.82) is 0 Å². The molecule has 1 aliphatic carbocycles. The molecule has 0 aromatic heterocycles. The molecule has 56 valence electrons. The van der Waals surface area contributed by atoms with Crippen LogP contribution in [0.2, 0.25) is 0 Å². The van der Waals surface area contributed by atoms with E-state index >= 15 is 0 Å². The van der Waals surface area contributed by atoms with Gasteiger partial charge in [-0.25, -0.2) is 0 Å². The molecule has 1 rings (SSSR count). The van der Waals surface area contributed by atoms with Gasteiger partial charge in [-0.3, -0.25) is 0 Å². The minimum atomic E-state index is 0. The maximum atomic E-state index is 2.48. The number of hydrogen-bond acceptors (Lipinski definition) is 0. The van der Waals surface area contributed by atoms with Gasteiger partial charge in [-0.05, 0) is 0 Å². The molecule has 1 aliphatic rings. The smallest absolute Gasteiger partial charge is 1.00 e. The Kier molecular flexibility index (Phi) is 9.57. The van der Waals surface area contributed by atoms with Crippen LogP contribution in [0.4, 0.5) is 0 Å². The molecule has 2 atom stereocenters. The van der Waals surface area contributed by atoms with E-state index in [0.29, 0.717) is 0 Å². The first-order valence-corrected chi connectivity index (χ1v) is 3.64. The first-order chi connectivity index (χ1) is 3.79. The molecule has 2 unspecified atom stereocenters. The molecular weight excluding hydrogens is 200 g/mol. The van der Waals surface area contributed by atoms with Gasteiger partial charge in [0, 0.05) is 0 Å². The monoisotopic (exact) mass is 214 g/mol. The Balaban J connectivity index is 0. The minimum absolute atomic E-state index is 0. The average molecular weight is 215 g/mol. The number of halogens is 1. The third kappa shape index (κ3) is 4.97. The van der Waals surface area contributed by atoms with Crippen molar-refractivity contribution in [3.8, 4) is 0 Å². The van der Waals surface area contributed by atoms with Gasteiger partial charge in [-0.15, -0.1) is 0 Å². The molecule has 2 heteroatoms. The van der Waals surface area contributed by atoms with E-state index in [9.17, 15) is 0 Å². The zero-order valence-corrected chi connectivity index (χ0v) is 9.94. The SMILES string of the molecule is CC1[CH-]C(C)CCC1.[Br-].[Mg+2]. The second-order valence-electron chi connectivity index (χ2n) is 3.08. The summed E-state index contributed by atoms with van der Waals surface area (Å²) in [5, 5.41) is 0. The summed E-state index contributed by atoms with van der Waals surface area (Å²) in [5.41, 5.74) is 0. The van der Waals surface area contributed by atoms with Crippen LogP contribution in [-0.4, -0.2) is 23.1 Å². The number of rotatable bonds is 0. The molecule has 0 saturated heterocycles. The van der Waals surface area contributed by atoms with E-state index in [-0.39, 0.29) is 40.0 Å². The molecule has 0 amide bonds. The molecule has 0 bridgehead atoms. The third-order valence-corrected chi connectivity index (χ3v) is 1.98. The van der Waals surface area contributed by atoms with Gasteiger partial charge < -0.3 is 23.4 Å². The van der Waals surface area contributed by atoms with E-state index < -0.39 is 0 Å². The van der Waals surface area contributed by atoms with Crippen molar-refractivity contribution < 1.29 is 17.0 Å². The van der Waals surface area contributed by atoms with Crippen molar-refractivity contribution in [2.45, 2.75) is 33.1 Å². The van der Waals surface area contributed by atoms with Crippen LogP contribution >= 0.6 is 0 Å². The molecule has 0 radical (unpaired) electrons. The predicted octanol–water partition coefficient (Wildman–Crippen LogP) is -0.730. The van der Waals surface area contributed by atoms with Gasteiger partial charge in [0.15, 0.2) is 0 Å². The van der Waals surface area contributed by atoms with Crippen LogP contribution in [0.15, 0.2) is 0 Å². The molecule has 0 aromatic rings. The van der Waals surface area contributed by atoms with Crippen molar-refractivity contribution in [3.05, 3.63) is 6.42 Å². The number of hydrogen-bond donors (Lipinski definition) is 0. The summed E-state index contributed by atoms with van der Waals surface area (Å²) < 4.78 is 0. The van der Waals surface area contributed by atoms with Crippen LogP contribution < -0.4 is 17.0 Å². The van der Waals surface area contributed by atoms with Gasteiger partial charge in [-0.2, -0.15) is 11.8 Å². The van der Waals surface area contributed by atoms with E-state index in [1.807, 2.05) is 0 Å². The summed E-state index contributed by atoms with van der Waals surface area (Å²) in [6, 6.07) is 0. The molecule has 10 heavy (non-hydrogen) atoms. The van der Waals surface area contributed by atoms with Gasteiger partial charge in [0.1, 0.15) is 0 Å². The summed E-state index contributed by atoms with van der Waals surface area (Å²) in [4.78, 5) is 0. The zero-order chi connectivity index (χ0) is 5.98. The van der Waals surface area contributed by atoms with Crippen LogP contribution in [0.25, 0.3) is 0 Å². The maximum absolute atomic E-state index is 2.48. The topological polar surface area (TPSA) is 0 Å². The standard InChI is InChI=1S/C8H15.BrH.Mg/c1-7-4-3-5-8(2)6-7;;/h6-8H,3-5H2,1-2H3;1H;/q-1;;+2/p-1. The molecular formula is C8H15BrMg. The van der Waals surface area contributed by atoms with Crippen molar-refractivity contribution in [2.24, 2.45) is 11.8 Å². The Hall–Kier alpha value is 1.25. The first-order valence-electron chi connectivity index (χ1n) is 3.64. The summed E-state index contributed by atoms with van der Waals surface area (Å²) in [6.07, 6.45) is 6.76. The van der Waals surface area contributed by atoms with E-state index in [1.165, 1.54) is 19.3 Å². The van der Waals surface area contributed by atoms with Crippen LogP contribution in [-0.2, 0) is 0 Å². The van der Waals surface area contributed by atoms with Crippen LogP contribution in [0.3, 0.4) is 0 Å². The molecule has 0 aliphatic heterocycles. The van der Waals surface area contributed by atoms with Crippen LogP contribution in [0.1, 0.15) is 33.1 Å². The molecule has 0 nitrogen and oxygen atoms in total. The summed E-state index contributed by atoms with van der Waals surface area (Å²) in [5.74, 6) is 1.78.